The van der Waals surface area contributed by atoms with Crippen LogP contribution in [0.25, 0.3) is 10.2 Å². The smallest absolute Gasteiger partial charge is 0.253 e. The maximum Gasteiger partial charge on any atom is 0.253 e. The van der Waals surface area contributed by atoms with Gasteiger partial charge in [0.2, 0.25) is 0 Å². The van der Waals surface area contributed by atoms with Gasteiger partial charge in [-0.25, -0.2) is 4.98 Å². The molecular formula is C18H23N3O2S. The minimum atomic E-state index is -0.352. The van der Waals surface area contributed by atoms with Gasteiger partial charge in [0.25, 0.3) is 5.91 Å². The first-order valence-electron chi connectivity index (χ1n) is 8.80. The maximum atomic E-state index is 12.6. The van der Waals surface area contributed by atoms with Crippen LogP contribution in [0.15, 0.2) is 18.2 Å². The number of thiazole rings is 1. The number of ether oxygens (including phenoxy) is 1. The number of hydrogen-bond acceptors (Lipinski definition) is 5. The Kier molecular flexibility index (Phi) is 4.41. The summed E-state index contributed by atoms with van der Waals surface area (Å²) in [5.41, 5.74) is 2.39. The van der Waals surface area contributed by atoms with Crippen LogP contribution < -0.4 is 4.90 Å². The second kappa shape index (κ2) is 6.69. The van der Waals surface area contributed by atoms with E-state index in [1.807, 2.05) is 4.90 Å². The molecule has 5 nitrogen and oxygen atoms in total. The van der Waals surface area contributed by atoms with Gasteiger partial charge in [0, 0.05) is 19.6 Å². The van der Waals surface area contributed by atoms with E-state index in [-0.39, 0.29) is 12.0 Å². The standard InChI is InChI=1S/C18H23N3O2S/c1-2-13-6-5-7-15-16(13)19-18(24-15)21-10-11-23-14(12-21)17(22)20-8-3-4-9-20/h5-7,14H,2-4,8-12H2,1H3. The third kappa shape index (κ3) is 2.89. The van der Waals surface area contributed by atoms with E-state index in [0.29, 0.717) is 13.2 Å². The molecule has 0 radical (unpaired) electrons. The number of aromatic nitrogens is 1. The lowest BCUT2D eigenvalue weighted by Crippen LogP contribution is -2.50. The van der Waals surface area contributed by atoms with Gasteiger partial charge in [-0.2, -0.15) is 0 Å². The topological polar surface area (TPSA) is 45.7 Å². The quantitative estimate of drug-likeness (QED) is 0.858. The van der Waals surface area contributed by atoms with Crippen molar-refractivity contribution in [1.82, 2.24) is 9.88 Å². The highest BCUT2D eigenvalue weighted by Gasteiger charge is 2.32. The lowest BCUT2D eigenvalue weighted by atomic mass is 10.1. The van der Waals surface area contributed by atoms with Crippen molar-refractivity contribution in [2.24, 2.45) is 0 Å². The van der Waals surface area contributed by atoms with Crippen molar-refractivity contribution < 1.29 is 9.53 Å². The Morgan fingerprint density at radius 2 is 2.17 bits per heavy atom. The van der Waals surface area contributed by atoms with E-state index in [9.17, 15) is 4.79 Å². The van der Waals surface area contributed by atoms with Crippen molar-refractivity contribution in [2.45, 2.75) is 32.3 Å². The molecule has 1 aromatic carbocycles. The number of aryl methyl sites for hydroxylation is 1. The average Bonchev–Trinajstić information content (AvgIpc) is 3.30. The van der Waals surface area contributed by atoms with Crippen LogP contribution in [0.2, 0.25) is 0 Å². The summed E-state index contributed by atoms with van der Waals surface area (Å²) in [5.74, 6) is 0.146. The Labute approximate surface area is 146 Å². The Balaban J connectivity index is 1.54. The fourth-order valence-electron chi connectivity index (χ4n) is 3.53. The minimum Gasteiger partial charge on any atom is -0.365 e. The lowest BCUT2D eigenvalue weighted by Gasteiger charge is -2.33. The minimum absolute atomic E-state index is 0.146. The Bertz CT molecular complexity index is 739. The zero-order chi connectivity index (χ0) is 16.5. The van der Waals surface area contributed by atoms with E-state index in [2.05, 4.69) is 30.0 Å². The monoisotopic (exact) mass is 345 g/mol. The van der Waals surface area contributed by atoms with E-state index in [0.717, 1.165) is 49.5 Å². The summed E-state index contributed by atoms with van der Waals surface area (Å²) in [6.07, 6.45) is 2.86. The predicted molar refractivity (Wildman–Crippen MR) is 96.8 cm³/mol. The second-order valence-electron chi connectivity index (χ2n) is 6.45. The number of nitrogens with zero attached hydrogens (tertiary/aromatic N) is 3. The summed E-state index contributed by atoms with van der Waals surface area (Å²) in [6, 6.07) is 6.37. The molecule has 2 fully saturated rings. The number of rotatable bonds is 3. The van der Waals surface area contributed by atoms with Gasteiger partial charge in [-0.1, -0.05) is 30.4 Å². The highest BCUT2D eigenvalue weighted by Crippen LogP contribution is 2.32. The average molecular weight is 345 g/mol. The number of likely N-dealkylation sites (tertiary alicyclic amines) is 1. The van der Waals surface area contributed by atoms with Crippen molar-refractivity contribution in [3.63, 3.8) is 0 Å². The molecule has 128 valence electrons. The zero-order valence-corrected chi connectivity index (χ0v) is 14.8. The van der Waals surface area contributed by atoms with Gasteiger partial charge < -0.3 is 14.5 Å². The number of para-hydroxylation sites is 1. The van der Waals surface area contributed by atoms with E-state index >= 15 is 0 Å². The molecular weight excluding hydrogens is 322 g/mol. The normalized spacial score (nSPS) is 21.6. The molecule has 3 heterocycles. The molecule has 0 aliphatic carbocycles. The van der Waals surface area contributed by atoms with Crippen LogP contribution >= 0.6 is 11.3 Å². The number of fused-ring (bicyclic) bond motifs is 1. The van der Waals surface area contributed by atoms with Crippen molar-refractivity contribution in [1.29, 1.82) is 0 Å². The summed E-state index contributed by atoms with van der Waals surface area (Å²) < 4.78 is 6.99. The van der Waals surface area contributed by atoms with Crippen LogP contribution in [0.3, 0.4) is 0 Å². The van der Waals surface area contributed by atoms with Crippen LogP contribution in [0.5, 0.6) is 0 Å². The van der Waals surface area contributed by atoms with E-state index < -0.39 is 0 Å². The molecule has 1 aromatic heterocycles. The molecule has 0 spiro atoms. The van der Waals surface area contributed by atoms with Crippen LogP contribution in [0.4, 0.5) is 5.13 Å². The first kappa shape index (κ1) is 15.8. The van der Waals surface area contributed by atoms with Crippen LogP contribution in [0, 0.1) is 0 Å². The van der Waals surface area contributed by atoms with Crippen LogP contribution in [0.1, 0.15) is 25.3 Å². The molecule has 1 amide bonds. The first-order valence-corrected chi connectivity index (χ1v) is 9.61. The van der Waals surface area contributed by atoms with Gasteiger partial charge in [-0.15, -0.1) is 0 Å². The molecule has 1 atom stereocenters. The van der Waals surface area contributed by atoms with Gasteiger partial charge in [-0.3, -0.25) is 4.79 Å². The molecule has 1 unspecified atom stereocenters. The van der Waals surface area contributed by atoms with Gasteiger partial charge in [0.15, 0.2) is 11.2 Å². The molecule has 0 N–H and O–H groups in total. The number of morpholine rings is 1. The number of amides is 1. The molecule has 24 heavy (non-hydrogen) atoms. The summed E-state index contributed by atoms with van der Waals surface area (Å²) >= 11 is 1.71. The van der Waals surface area contributed by atoms with E-state index in [4.69, 9.17) is 9.72 Å². The molecule has 2 saturated heterocycles. The van der Waals surface area contributed by atoms with Gasteiger partial charge in [0.1, 0.15) is 0 Å². The number of carbonyl (C=O) groups excluding carboxylic acids is 1. The third-order valence-electron chi connectivity index (χ3n) is 4.90. The largest absolute Gasteiger partial charge is 0.365 e. The summed E-state index contributed by atoms with van der Waals surface area (Å²) in [5, 5.41) is 1.01. The summed E-state index contributed by atoms with van der Waals surface area (Å²) in [4.78, 5) is 21.6. The zero-order valence-electron chi connectivity index (χ0n) is 14.0. The van der Waals surface area contributed by atoms with Crippen molar-refractivity contribution in [2.75, 3.05) is 37.7 Å². The predicted octanol–water partition coefficient (Wildman–Crippen LogP) is 2.69. The van der Waals surface area contributed by atoms with Crippen LogP contribution in [-0.2, 0) is 16.0 Å². The molecule has 0 bridgehead atoms. The van der Waals surface area contributed by atoms with E-state index in [1.165, 1.54) is 10.3 Å². The molecule has 2 aliphatic heterocycles. The van der Waals surface area contributed by atoms with Crippen molar-refractivity contribution >= 4 is 32.6 Å². The highest BCUT2D eigenvalue weighted by molar-refractivity contribution is 7.22. The molecule has 2 aromatic rings. The summed E-state index contributed by atoms with van der Waals surface area (Å²) in [6.45, 7) is 5.90. The SMILES string of the molecule is CCc1cccc2sc(N3CCOC(C(=O)N4CCCC4)C3)nc12. The number of anilines is 1. The Morgan fingerprint density at radius 3 is 2.96 bits per heavy atom. The second-order valence-corrected chi connectivity index (χ2v) is 7.46. The first-order chi connectivity index (χ1) is 11.8. The fraction of sp³-hybridized carbons (Fsp3) is 0.556. The van der Waals surface area contributed by atoms with Gasteiger partial charge in [0.05, 0.1) is 23.4 Å². The highest BCUT2D eigenvalue weighted by atomic mass is 32.1. The molecule has 0 saturated carbocycles. The molecule has 4 rings (SSSR count). The Hall–Kier alpha value is -1.66. The van der Waals surface area contributed by atoms with Crippen molar-refractivity contribution in [3.8, 4) is 0 Å². The molecule has 2 aliphatic rings. The molecule has 6 heteroatoms. The maximum absolute atomic E-state index is 12.6. The van der Waals surface area contributed by atoms with Gasteiger partial charge in [-0.05, 0) is 30.9 Å². The van der Waals surface area contributed by atoms with E-state index in [1.54, 1.807) is 11.3 Å². The van der Waals surface area contributed by atoms with Gasteiger partial charge >= 0.3 is 0 Å². The van der Waals surface area contributed by atoms with Crippen LogP contribution in [-0.4, -0.2) is 54.7 Å². The van der Waals surface area contributed by atoms with Crippen molar-refractivity contribution in [3.05, 3.63) is 23.8 Å². The number of carbonyl (C=O) groups is 1. The summed E-state index contributed by atoms with van der Waals surface area (Å²) in [7, 11) is 0. The lowest BCUT2D eigenvalue weighted by molar-refractivity contribution is -0.143. The third-order valence-corrected chi connectivity index (χ3v) is 5.98. The fourth-order valence-corrected chi connectivity index (χ4v) is 4.58. The Morgan fingerprint density at radius 1 is 1.33 bits per heavy atom. The number of hydrogen-bond donors (Lipinski definition) is 0. The number of benzene rings is 1.